The summed E-state index contributed by atoms with van der Waals surface area (Å²) in [7, 11) is 2.06. The number of hydrogen-bond donors (Lipinski definition) is 1. The highest BCUT2D eigenvalue weighted by atomic mass is 15.3. The highest BCUT2D eigenvalue weighted by Crippen LogP contribution is 2.37. The monoisotopic (exact) mass is 235 g/mol. The van der Waals surface area contributed by atoms with Crippen LogP contribution in [0.1, 0.15) is 57.2 Å². The second-order valence-corrected chi connectivity index (χ2v) is 5.50. The maximum atomic E-state index is 4.48. The molecule has 1 aromatic heterocycles. The van der Waals surface area contributed by atoms with E-state index in [1.165, 1.54) is 31.4 Å². The number of rotatable bonds is 4. The lowest BCUT2D eigenvalue weighted by Gasteiger charge is -2.32. The molecule has 1 aliphatic carbocycles. The predicted molar refractivity (Wildman–Crippen MR) is 71.2 cm³/mol. The van der Waals surface area contributed by atoms with Gasteiger partial charge in [-0.15, -0.1) is 0 Å². The summed E-state index contributed by atoms with van der Waals surface area (Å²) >= 11 is 0. The van der Waals surface area contributed by atoms with Gasteiger partial charge in [-0.25, -0.2) is 0 Å². The molecule has 2 rings (SSSR count). The summed E-state index contributed by atoms with van der Waals surface area (Å²) in [5.74, 6) is 1.48. The molecule has 0 aliphatic heterocycles. The van der Waals surface area contributed by atoms with Gasteiger partial charge in [0.25, 0.3) is 0 Å². The molecular formula is C14H25N3. The van der Waals surface area contributed by atoms with Gasteiger partial charge in [0.15, 0.2) is 0 Å². The first-order chi connectivity index (χ1) is 8.24. The van der Waals surface area contributed by atoms with Crippen molar-refractivity contribution in [2.75, 3.05) is 13.6 Å². The average molecular weight is 235 g/mol. The van der Waals surface area contributed by atoms with E-state index >= 15 is 0 Å². The van der Waals surface area contributed by atoms with Crippen molar-refractivity contribution in [2.45, 2.75) is 51.5 Å². The fourth-order valence-corrected chi connectivity index (χ4v) is 3.15. The smallest absolute Gasteiger partial charge is 0.0492 e. The minimum atomic E-state index is 0.470. The molecule has 0 bridgehead atoms. The van der Waals surface area contributed by atoms with Crippen molar-refractivity contribution in [1.82, 2.24) is 15.1 Å². The van der Waals surface area contributed by atoms with Gasteiger partial charge in [-0.2, -0.15) is 5.10 Å². The van der Waals surface area contributed by atoms with Crippen LogP contribution in [0.4, 0.5) is 0 Å². The molecule has 3 heteroatoms. The fourth-order valence-electron chi connectivity index (χ4n) is 3.15. The van der Waals surface area contributed by atoms with Crippen LogP contribution in [0.5, 0.6) is 0 Å². The molecule has 96 valence electrons. The molecule has 1 saturated carbocycles. The third kappa shape index (κ3) is 2.71. The molecule has 1 fully saturated rings. The van der Waals surface area contributed by atoms with Crippen LogP contribution in [0.15, 0.2) is 12.3 Å². The van der Waals surface area contributed by atoms with Gasteiger partial charge in [0.1, 0.15) is 0 Å². The topological polar surface area (TPSA) is 29.9 Å². The Morgan fingerprint density at radius 1 is 1.41 bits per heavy atom. The van der Waals surface area contributed by atoms with Gasteiger partial charge in [-0.05, 0) is 52.3 Å². The minimum Gasteiger partial charge on any atom is -0.319 e. The highest BCUT2D eigenvalue weighted by molar-refractivity contribution is 5.11. The molecule has 1 heterocycles. The van der Waals surface area contributed by atoms with Crippen molar-refractivity contribution < 1.29 is 0 Å². The first kappa shape index (κ1) is 12.6. The van der Waals surface area contributed by atoms with Crippen LogP contribution in [-0.4, -0.2) is 23.4 Å². The van der Waals surface area contributed by atoms with Crippen molar-refractivity contribution in [3.63, 3.8) is 0 Å². The first-order valence-electron chi connectivity index (χ1n) is 6.92. The number of aromatic nitrogens is 2. The molecule has 2 unspecified atom stereocenters. The van der Waals surface area contributed by atoms with Gasteiger partial charge in [0.05, 0.1) is 0 Å². The van der Waals surface area contributed by atoms with Crippen LogP contribution in [0.2, 0.25) is 0 Å². The molecule has 1 N–H and O–H groups in total. The molecule has 1 aliphatic rings. The summed E-state index contributed by atoms with van der Waals surface area (Å²) in [6.45, 7) is 5.56. The second-order valence-electron chi connectivity index (χ2n) is 5.50. The van der Waals surface area contributed by atoms with E-state index in [1.807, 2.05) is 6.20 Å². The molecule has 2 atom stereocenters. The van der Waals surface area contributed by atoms with Crippen molar-refractivity contribution >= 4 is 0 Å². The Morgan fingerprint density at radius 2 is 2.18 bits per heavy atom. The molecule has 0 saturated heterocycles. The Hall–Kier alpha value is -0.830. The maximum Gasteiger partial charge on any atom is 0.0492 e. The Labute approximate surface area is 105 Å². The lowest BCUT2D eigenvalue weighted by Crippen LogP contribution is -2.29. The zero-order valence-electron chi connectivity index (χ0n) is 11.3. The third-order valence-corrected chi connectivity index (χ3v) is 3.95. The molecule has 0 radical (unpaired) electrons. The lowest BCUT2D eigenvalue weighted by atomic mass is 9.77. The molecule has 0 aromatic carbocycles. The molecule has 0 amide bonds. The quantitative estimate of drug-likeness (QED) is 0.869. The largest absolute Gasteiger partial charge is 0.319 e. The van der Waals surface area contributed by atoms with Crippen LogP contribution in [0, 0.1) is 5.92 Å². The highest BCUT2D eigenvalue weighted by Gasteiger charge is 2.28. The summed E-state index contributed by atoms with van der Waals surface area (Å²) in [4.78, 5) is 0. The zero-order valence-corrected chi connectivity index (χ0v) is 11.3. The Balaban J connectivity index is 2.20. The van der Waals surface area contributed by atoms with E-state index in [0.29, 0.717) is 12.0 Å². The Kier molecular flexibility index (Phi) is 4.21. The van der Waals surface area contributed by atoms with Crippen LogP contribution < -0.4 is 5.32 Å². The minimum absolute atomic E-state index is 0.470. The fraction of sp³-hybridized carbons (Fsp3) is 0.786. The summed E-state index contributed by atoms with van der Waals surface area (Å²) < 4.78 is 2.21. The summed E-state index contributed by atoms with van der Waals surface area (Å²) in [5.41, 5.74) is 1.44. The molecular weight excluding hydrogens is 210 g/mol. The standard InChI is InChI=1S/C14H25N3/c1-11(2)17-14(8-9-16-17)13-7-5-4-6-12(13)10-15-3/h8-9,11-13,15H,4-7,10H2,1-3H3. The molecule has 1 aromatic rings. The van der Waals surface area contributed by atoms with Gasteiger partial charge in [0.2, 0.25) is 0 Å². The zero-order chi connectivity index (χ0) is 12.3. The Bertz CT molecular complexity index is 341. The molecule has 17 heavy (non-hydrogen) atoms. The molecule has 3 nitrogen and oxygen atoms in total. The van der Waals surface area contributed by atoms with E-state index < -0.39 is 0 Å². The van der Waals surface area contributed by atoms with Gasteiger partial charge >= 0.3 is 0 Å². The van der Waals surface area contributed by atoms with E-state index in [1.54, 1.807) is 0 Å². The number of hydrogen-bond acceptors (Lipinski definition) is 2. The van der Waals surface area contributed by atoms with Gasteiger partial charge in [0, 0.05) is 23.9 Å². The summed E-state index contributed by atoms with van der Waals surface area (Å²) in [6, 6.07) is 2.69. The molecule has 0 spiro atoms. The third-order valence-electron chi connectivity index (χ3n) is 3.95. The normalized spacial score (nSPS) is 25.4. The van der Waals surface area contributed by atoms with E-state index in [-0.39, 0.29) is 0 Å². The van der Waals surface area contributed by atoms with Crippen LogP contribution >= 0.6 is 0 Å². The van der Waals surface area contributed by atoms with E-state index in [2.05, 4.69) is 42.1 Å². The lowest BCUT2D eigenvalue weighted by molar-refractivity contribution is 0.284. The number of nitrogens with one attached hydrogen (secondary N) is 1. The predicted octanol–water partition coefficient (Wildman–Crippen LogP) is 2.96. The van der Waals surface area contributed by atoms with E-state index in [9.17, 15) is 0 Å². The van der Waals surface area contributed by atoms with Crippen LogP contribution in [-0.2, 0) is 0 Å². The maximum absolute atomic E-state index is 4.48. The van der Waals surface area contributed by atoms with Gasteiger partial charge < -0.3 is 5.32 Å². The van der Waals surface area contributed by atoms with Crippen molar-refractivity contribution in [1.29, 1.82) is 0 Å². The second kappa shape index (κ2) is 5.67. The van der Waals surface area contributed by atoms with Crippen molar-refractivity contribution in [3.8, 4) is 0 Å². The summed E-state index contributed by atoms with van der Waals surface area (Å²) in [5, 5.41) is 7.83. The van der Waals surface area contributed by atoms with Crippen molar-refractivity contribution in [3.05, 3.63) is 18.0 Å². The van der Waals surface area contributed by atoms with Crippen LogP contribution in [0.25, 0.3) is 0 Å². The van der Waals surface area contributed by atoms with Crippen LogP contribution in [0.3, 0.4) is 0 Å². The average Bonchev–Trinajstić information content (AvgIpc) is 2.79. The van der Waals surface area contributed by atoms with Gasteiger partial charge in [-0.3, -0.25) is 4.68 Å². The van der Waals surface area contributed by atoms with E-state index in [0.717, 1.165) is 12.5 Å². The number of nitrogens with zero attached hydrogens (tertiary/aromatic N) is 2. The first-order valence-corrected chi connectivity index (χ1v) is 6.92. The van der Waals surface area contributed by atoms with Gasteiger partial charge in [-0.1, -0.05) is 12.8 Å². The van der Waals surface area contributed by atoms with Crippen molar-refractivity contribution in [2.24, 2.45) is 5.92 Å². The van der Waals surface area contributed by atoms with E-state index in [4.69, 9.17) is 0 Å². The SMILES string of the molecule is CNCC1CCCCC1c1ccnn1C(C)C. The summed E-state index contributed by atoms with van der Waals surface area (Å²) in [6.07, 6.45) is 7.40. The Morgan fingerprint density at radius 3 is 2.88 bits per heavy atom.